The summed E-state index contributed by atoms with van der Waals surface area (Å²) < 4.78 is 0. The van der Waals surface area contributed by atoms with Crippen LogP contribution in [0.15, 0.2) is 6.07 Å². The second kappa shape index (κ2) is 8.06. The van der Waals surface area contributed by atoms with E-state index < -0.39 is 0 Å². The van der Waals surface area contributed by atoms with Gasteiger partial charge in [0, 0.05) is 12.0 Å². The molecule has 106 valence electrons. The van der Waals surface area contributed by atoms with Gasteiger partial charge in [0.25, 0.3) is 0 Å². The number of hydrogen-bond donors (Lipinski definition) is 0. The van der Waals surface area contributed by atoms with Gasteiger partial charge in [-0.1, -0.05) is 74.6 Å². The Kier molecular flexibility index (Phi) is 6.39. The lowest BCUT2D eigenvalue weighted by atomic mass is 9.94. The van der Waals surface area contributed by atoms with Gasteiger partial charge in [-0.15, -0.1) is 0 Å². The molecule has 1 aliphatic rings. The van der Waals surface area contributed by atoms with Crippen LogP contribution < -0.4 is 0 Å². The van der Waals surface area contributed by atoms with Gasteiger partial charge in [0.2, 0.25) is 0 Å². The molecular formula is C15H22Cl2N2. The van der Waals surface area contributed by atoms with E-state index in [0.717, 1.165) is 18.7 Å². The molecule has 0 atom stereocenters. The van der Waals surface area contributed by atoms with Gasteiger partial charge in [-0.25, -0.2) is 9.97 Å². The number of halogens is 2. The Bertz CT molecular complexity index is 363. The maximum atomic E-state index is 5.99. The van der Waals surface area contributed by atoms with Gasteiger partial charge in [0.15, 0.2) is 0 Å². The third-order valence-corrected chi connectivity index (χ3v) is 4.29. The smallest absolute Gasteiger partial charge is 0.134 e. The van der Waals surface area contributed by atoms with Crippen LogP contribution in [-0.4, -0.2) is 9.97 Å². The Labute approximate surface area is 125 Å². The molecule has 1 fully saturated rings. The highest BCUT2D eigenvalue weighted by atomic mass is 35.5. The Morgan fingerprint density at radius 1 is 0.737 bits per heavy atom. The van der Waals surface area contributed by atoms with Crippen LogP contribution in [0.2, 0.25) is 10.3 Å². The molecular weight excluding hydrogens is 279 g/mol. The summed E-state index contributed by atoms with van der Waals surface area (Å²) in [6, 6.07) is 1.61. The van der Waals surface area contributed by atoms with Crippen molar-refractivity contribution in [3.8, 4) is 0 Å². The summed E-state index contributed by atoms with van der Waals surface area (Å²) in [7, 11) is 0. The first-order valence-corrected chi connectivity index (χ1v) is 8.21. The summed E-state index contributed by atoms with van der Waals surface area (Å²) in [5, 5.41) is 0.925. The monoisotopic (exact) mass is 300 g/mol. The van der Waals surface area contributed by atoms with Crippen LogP contribution in [0.3, 0.4) is 0 Å². The van der Waals surface area contributed by atoms with Crippen molar-refractivity contribution in [2.75, 3.05) is 0 Å². The second-order valence-corrected chi connectivity index (χ2v) is 6.25. The minimum Gasteiger partial charge on any atom is -0.221 e. The number of nitrogens with zero attached hydrogens (tertiary/aromatic N) is 2. The lowest BCUT2D eigenvalue weighted by Gasteiger charge is -2.15. The molecule has 0 unspecified atom stereocenters. The van der Waals surface area contributed by atoms with Crippen LogP contribution in [-0.2, 0) is 0 Å². The molecule has 0 aromatic carbocycles. The van der Waals surface area contributed by atoms with Gasteiger partial charge in [-0.2, -0.15) is 0 Å². The Morgan fingerprint density at radius 2 is 1.16 bits per heavy atom. The highest BCUT2D eigenvalue weighted by molar-refractivity contribution is 6.33. The highest BCUT2D eigenvalue weighted by Gasteiger charge is 2.16. The molecule has 0 bridgehead atoms. The minimum atomic E-state index is 0.425. The predicted molar refractivity (Wildman–Crippen MR) is 81.0 cm³/mol. The van der Waals surface area contributed by atoms with Crippen molar-refractivity contribution in [2.45, 2.75) is 70.1 Å². The van der Waals surface area contributed by atoms with Gasteiger partial charge in [-0.05, 0) is 12.8 Å². The fourth-order valence-electron chi connectivity index (χ4n) is 2.83. The first-order chi connectivity index (χ1) is 9.25. The molecule has 19 heavy (non-hydrogen) atoms. The second-order valence-electron chi connectivity index (χ2n) is 5.47. The van der Waals surface area contributed by atoms with Gasteiger partial charge in [0.05, 0.1) is 0 Å². The zero-order valence-electron chi connectivity index (χ0n) is 11.4. The summed E-state index contributed by atoms with van der Waals surface area (Å²) in [5.74, 6) is 1.27. The number of aromatic nitrogens is 2. The average Bonchev–Trinajstić information content (AvgIpc) is 2.42. The van der Waals surface area contributed by atoms with E-state index in [2.05, 4.69) is 9.97 Å². The van der Waals surface area contributed by atoms with Gasteiger partial charge in [-0.3, -0.25) is 0 Å². The molecule has 1 heterocycles. The van der Waals surface area contributed by atoms with Crippen molar-refractivity contribution >= 4 is 23.2 Å². The van der Waals surface area contributed by atoms with Crippen molar-refractivity contribution in [1.29, 1.82) is 0 Å². The van der Waals surface area contributed by atoms with Crippen molar-refractivity contribution in [3.05, 3.63) is 22.2 Å². The Morgan fingerprint density at radius 3 is 1.63 bits per heavy atom. The summed E-state index contributed by atoms with van der Waals surface area (Å²) in [5.41, 5.74) is 0. The van der Waals surface area contributed by atoms with Gasteiger partial charge < -0.3 is 0 Å². The lowest BCUT2D eigenvalue weighted by molar-refractivity contribution is 0.494. The predicted octanol–water partition coefficient (Wildman–Crippen LogP) is 5.78. The third kappa shape index (κ3) is 5.27. The first-order valence-electron chi connectivity index (χ1n) is 7.45. The summed E-state index contributed by atoms with van der Waals surface area (Å²) in [6.45, 7) is 0. The molecule has 1 aromatic heterocycles. The maximum absolute atomic E-state index is 5.99. The molecule has 2 nitrogen and oxygen atoms in total. The summed E-state index contributed by atoms with van der Waals surface area (Å²) in [4.78, 5) is 8.75. The zero-order valence-corrected chi connectivity index (χ0v) is 12.9. The van der Waals surface area contributed by atoms with Crippen LogP contribution in [0, 0.1) is 0 Å². The van der Waals surface area contributed by atoms with E-state index in [-0.39, 0.29) is 0 Å². The van der Waals surface area contributed by atoms with Crippen LogP contribution in [0.5, 0.6) is 0 Å². The van der Waals surface area contributed by atoms with E-state index >= 15 is 0 Å². The van der Waals surface area contributed by atoms with E-state index in [1.165, 1.54) is 51.4 Å². The summed E-state index contributed by atoms with van der Waals surface area (Å²) >= 11 is 12.0. The quantitative estimate of drug-likeness (QED) is 0.614. The number of hydrogen-bond acceptors (Lipinski definition) is 2. The largest absolute Gasteiger partial charge is 0.221 e. The van der Waals surface area contributed by atoms with E-state index in [0.29, 0.717) is 16.2 Å². The minimum absolute atomic E-state index is 0.425. The van der Waals surface area contributed by atoms with Gasteiger partial charge >= 0.3 is 0 Å². The Balaban J connectivity index is 2.04. The number of rotatable bonds is 1. The average molecular weight is 301 g/mol. The zero-order chi connectivity index (χ0) is 13.5. The van der Waals surface area contributed by atoms with Crippen molar-refractivity contribution in [1.82, 2.24) is 9.97 Å². The summed E-state index contributed by atoms with van der Waals surface area (Å²) in [6.07, 6.45) is 13.0. The van der Waals surface area contributed by atoms with Crippen LogP contribution in [0.1, 0.15) is 76.0 Å². The van der Waals surface area contributed by atoms with E-state index in [9.17, 15) is 0 Å². The fraction of sp³-hybridized carbons (Fsp3) is 0.733. The van der Waals surface area contributed by atoms with Crippen molar-refractivity contribution < 1.29 is 0 Å². The van der Waals surface area contributed by atoms with Crippen LogP contribution in [0.4, 0.5) is 0 Å². The first kappa shape index (κ1) is 15.1. The molecule has 0 N–H and O–H groups in total. The highest BCUT2D eigenvalue weighted by Crippen LogP contribution is 2.29. The van der Waals surface area contributed by atoms with Crippen LogP contribution >= 0.6 is 23.2 Å². The standard InChI is InChI=1S/C15H22Cl2N2/c16-13-11-14(17)19-15(18-13)12-9-7-5-3-1-2-4-6-8-10-12/h11-12H,1-10H2. The molecule has 1 saturated carbocycles. The van der Waals surface area contributed by atoms with Gasteiger partial charge in [0.1, 0.15) is 16.1 Å². The van der Waals surface area contributed by atoms with Crippen LogP contribution in [0.25, 0.3) is 0 Å². The Hall–Kier alpha value is -0.340. The van der Waals surface area contributed by atoms with E-state index in [4.69, 9.17) is 23.2 Å². The van der Waals surface area contributed by atoms with Crippen molar-refractivity contribution in [3.63, 3.8) is 0 Å². The molecule has 1 aromatic rings. The molecule has 0 aliphatic heterocycles. The van der Waals surface area contributed by atoms with E-state index in [1.54, 1.807) is 6.07 Å². The molecule has 2 rings (SSSR count). The van der Waals surface area contributed by atoms with E-state index in [1.807, 2.05) is 0 Å². The maximum Gasteiger partial charge on any atom is 0.134 e. The van der Waals surface area contributed by atoms with Crippen molar-refractivity contribution in [2.24, 2.45) is 0 Å². The molecule has 1 aliphatic carbocycles. The molecule has 4 heteroatoms. The molecule has 0 amide bonds. The third-order valence-electron chi connectivity index (χ3n) is 3.90. The fourth-order valence-corrected chi connectivity index (χ4v) is 3.27. The molecule has 0 saturated heterocycles. The molecule has 0 radical (unpaired) electrons. The SMILES string of the molecule is Clc1cc(Cl)nc(C2CCCCCCCCCC2)n1. The normalized spacial score (nSPS) is 19.9. The topological polar surface area (TPSA) is 25.8 Å². The molecule has 0 spiro atoms. The lowest BCUT2D eigenvalue weighted by Crippen LogP contribution is -2.05.